The Labute approximate surface area is 386 Å². The summed E-state index contributed by atoms with van der Waals surface area (Å²) >= 11 is 1.44. The van der Waals surface area contributed by atoms with Gasteiger partial charge in [0.15, 0.2) is 0 Å². The predicted molar refractivity (Wildman–Crippen MR) is 249 cm³/mol. The molecule has 0 radical (unpaired) electrons. The highest BCUT2D eigenvalue weighted by atomic mass is 32.2. The van der Waals surface area contributed by atoms with Gasteiger partial charge in [0, 0.05) is 80.3 Å². The Morgan fingerprint density at radius 3 is 2.17 bits per heavy atom. The van der Waals surface area contributed by atoms with Gasteiger partial charge in [-0.05, 0) is 129 Å². The average Bonchev–Trinajstić information content (AvgIpc) is 3.24. The van der Waals surface area contributed by atoms with E-state index in [4.69, 9.17) is 0 Å². The van der Waals surface area contributed by atoms with Gasteiger partial charge >= 0.3 is 5.51 Å². The fraction of sp³-hybridized carbons (Fsp3) is 0.562. The molecule has 2 saturated heterocycles. The number of sulfonamides is 1. The topological polar surface area (TPSA) is 139 Å². The molecule has 11 nitrogen and oxygen atoms in total. The number of sulfone groups is 1. The fourth-order valence-electron chi connectivity index (χ4n) is 11.1. The van der Waals surface area contributed by atoms with Crippen LogP contribution in [0.15, 0.2) is 98.6 Å². The van der Waals surface area contributed by atoms with Crippen LogP contribution in [0.3, 0.4) is 0 Å². The third-order valence-electron chi connectivity index (χ3n) is 14.4. The number of anilines is 2. The highest BCUT2D eigenvalue weighted by molar-refractivity contribution is 7.99. The lowest BCUT2D eigenvalue weighted by Crippen LogP contribution is -2.61. The summed E-state index contributed by atoms with van der Waals surface area (Å²) in [5, 5.41) is 12.9. The molecule has 3 saturated carbocycles. The van der Waals surface area contributed by atoms with Crippen LogP contribution in [0.5, 0.6) is 0 Å². The third kappa shape index (κ3) is 10.8. The van der Waals surface area contributed by atoms with Crippen molar-refractivity contribution in [2.75, 3.05) is 68.3 Å². The second kappa shape index (κ2) is 18.5. The minimum absolute atomic E-state index is 0.0150. The van der Waals surface area contributed by atoms with E-state index in [1.165, 1.54) is 56.0 Å². The number of carbonyl (C=O) groups is 1. The first kappa shape index (κ1) is 47.9. The Hall–Kier alpha value is -3.61. The van der Waals surface area contributed by atoms with E-state index in [9.17, 15) is 39.9 Å². The number of piperidine rings is 1. The lowest BCUT2D eigenvalue weighted by Gasteiger charge is -2.72. The number of likely N-dealkylation sites (tertiary alicyclic amines) is 1. The Bertz CT molecular complexity index is 2450. The summed E-state index contributed by atoms with van der Waals surface area (Å²) in [6.45, 7) is 13.4. The summed E-state index contributed by atoms with van der Waals surface area (Å²) in [5.41, 5.74) is -0.518. The van der Waals surface area contributed by atoms with Crippen molar-refractivity contribution in [1.82, 2.24) is 14.5 Å². The van der Waals surface area contributed by atoms with Gasteiger partial charge in [0.2, 0.25) is 0 Å². The molecule has 1 atom stereocenters. The minimum atomic E-state index is -6.06. The van der Waals surface area contributed by atoms with E-state index >= 15 is 0 Å². The van der Waals surface area contributed by atoms with E-state index in [1.54, 1.807) is 23.3 Å². The maximum absolute atomic E-state index is 14.2. The number of amides is 1. The number of hydrogen-bond donors (Lipinski definition) is 3. The van der Waals surface area contributed by atoms with Crippen molar-refractivity contribution in [3.63, 3.8) is 0 Å². The van der Waals surface area contributed by atoms with Gasteiger partial charge in [0.25, 0.3) is 25.8 Å². The van der Waals surface area contributed by atoms with Crippen LogP contribution in [0.2, 0.25) is 0 Å². The van der Waals surface area contributed by atoms with Crippen LogP contribution >= 0.6 is 11.8 Å². The molecule has 65 heavy (non-hydrogen) atoms. The van der Waals surface area contributed by atoms with E-state index in [2.05, 4.69) is 40.8 Å². The number of aliphatic hydroxyl groups is 1. The SMILES string of the molecule is CC1(C)CCC(C23CC(C)(C2)C3)=C(CN2CCN(c3ccc(C(=O)NS(=O)(=O)c4ccc(NC(CCN5CCC(O)CC5)CSc5ccccc5)c(S(=O)(=O)C(F)(F)F)c4)cc3)CC2)C1. The van der Waals surface area contributed by atoms with Crippen LogP contribution < -0.4 is 14.9 Å². The number of halogens is 3. The molecular weight excluding hydrogens is 896 g/mol. The fourth-order valence-corrected chi connectivity index (χ4v) is 14.1. The molecule has 1 amide bonds. The van der Waals surface area contributed by atoms with E-state index in [-0.39, 0.29) is 11.7 Å². The van der Waals surface area contributed by atoms with Gasteiger partial charge in [0.1, 0.15) is 4.90 Å². The van der Waals surface area contributed by atoms with Gasteiger partial charge in [-0.2, -0.15) is 13.2 Å². The van der Waals surface area contributed by atoms with Crippen molar-refractivity contribution in [2.45, 2.75) is 111 Å². The van der Waals surface area contributed by atoms with Gasteiger partial charge in [-0.25, -0.2) is 21.6 Å². The largest absolute Gasteiger partial charge is 0.501 e. The number of hydrogen-bond acceptors (Lipinski definition) is 11. The number of rotatable bonds is 16. The zero-order chi connectivity index (χ0) is 46.4. The maximum atomic E-state index is 14.2. The summed E-state index contributed by atoms with van der Waals surface area (Å²) < 4.78 is 97.9. The predicted octanol–water partition coefficient (Wildman–Crippen LogP) is 8.34. The van der Waals surface area contributed by atoms with Crippen molar-refractivity contribution in [2.24, 2.45) is 16.2 Å². The van der Waals surface area contributed by atoms with E-state index in [0.29, 0.717) is 67.0 Å². The monoisotopic (exact) mass is 957 g/mol. The molecule has 17 heteroatoms. The first-order valence-corrected chi connectivity index (χ1v) is 26.7. The lowest BCUT2D eigenvalue weighted by molar-refractivity contribution is -0.166. The molecule has 354 valence electrons. The van der Waals surface area contributed by atoms with Gasteiger partial charge in [-0.15, -0.1) is 11.8 Å². The number of aliphatic hydroxyl groups excluding tert-OH is 1. The van der Waals surface area contributed by atoms with Crippen LogP contribution in [0, 0.1) is 16.2 Å². The molecule has 1 unspecified atom stereocenters. The Balaban J connectivity index is 0.924. The molecule has 2 aliphatic heterocycles. The molecule has 0 aromatic heterocycles. The molecule has 9 rings (SSSR count). The summed E-state index contributed by atoms with van der Waals surface area (Å²) in [7, 11) is -10.9. The summed E-state index contributed by atoms with van der Waals surface area (Å²) in [6, 6.07) is 17.8. The van der Waals surface area contributed by atoms with E-state index in [1.807, 2.05) is 35.1 Å². The van der Waals surface area contributed by atoms with Gasteiger partial charge in [-0.1, -0.05) is 50.1 Å². The van der Waals surface area contributed by atoms with Crippen LogP contribution in [-0.4, -0.2) is 113 Å². The molecule has 4 aliphatic carbocycles. The van der Waals surface area contributed by atoms with Crippen molar-refractivity contribution < 1.29 is 39.9 Å². The molecule has 0 spiro atoms. The normalized spacial score (nSPS) is 24.8. The van der Waals surface area contributed by atoms with Gasteiger partial charge in [0.05, 0.1) is 16.7 Å². The minimum Gasteiger partial charge on any atom is -0.393 e. The number of alkyl halides is 3. The average molecular weight is 958 g/mol. The van der Waals surface area contributed by atoms with Crippen LogP contribution in [0.4, 0.5) is 24.5 Å². The molecule has 2 heterocycles. The zero-order valence-electron chi connectivity index (χ0n) is 37.5. The molecule has 3 aromatic rings. The van der Waals surface area contributed by atoms with Crippen molar-refractivity contribution in [3.8, 4) is 0 Å². The van der Waals surface area contributed by atoms with Crippen LogP contribution in [0.1, 0.15) is 88.9 Å². The second-order valence-electron chi connectivity index (χ2n) is 20.2. The van der Waals surface area contributed by atoms with Gasteiger partial charge in [-0.3, -0.25) is 9.69 Å². The zero-order valence-corrected chi connectivity index (χ0v) is 39.9. The molecule has 2 bridgehead atoms. The standard InChI is InChI=1S/C48H62F3N5O6S3/c1-45(2)19-15-41(47-31-46(3,32-47)33-47)35(28-45)29-55-23-25-56(26-24-55)37-11-9-34(10-12-37)44(58)53-65(61,62)40-13-14-42(43(27-40)64(59,60)48(49,50)51)52-36(30-63-39-7-5-4-6-8-39)16-20-54-21-17-38(57)18-22-54/h4-14,27,36,38,52,57H,15-26,28-33H2,1-3H3,(H,53,58). The molecule has 5 fully saturated rings. The Kier molecular flexibility index (Phi) is 13.6. The van der Waals surface area contributed by atoms with Gasteiger partial charge < -0.3 is 20.2 Å². The van der Waals surface area contributed by atoms with E-state index < -0.39 is 52.8 Å². The lowest BCUT2D eigenvalue weighted by atomic mass is 9.33. The molecule has 3 N–H and O–H groups in total. The number of nitrogens with one attached hydrogen (secondary N) is 2. The third-order valence-corrected chi connectivity index (χ3v) is 18.4. The number of thioether (sulfide) groups is 1. The number of allylic oxidation sites excluding steroid dienone is 1. The highest BCUT2D eigenvalue weighted by Gasteiger charge is 2.66. The quantitative estimate of drug-likeness (QED) is 0.0944. The van der Waals surface area contributed by atoms with Crippen molar-refractivity contribution in [3.05, 3.63) is 89.5 Å². The Morgan fingerprint density at radius 2 is 1.54 bits per heavy atom. The number of carbonyl (C=O) groups excluding carboxylic acids is 1. The molecule has 6 aliphatic rings. The van der Waals surface area contributed by atoms with Crippen LogP contribution in [0.25, 0.3) is 0 Å². The van der Waals surface area contributed by atoms with Crippen molar-refractivity contribution in [1.29, 1.82) is 0 Å². The first-order chi connectivity index (χ1) is 30.6. The van der Waals surface area contributed by atoms with Crippen LogP contribution in [-0.2, 0) is 19.9 Å². The summed E-state index contributed by atoms with van der Waals surface area (Å²) in [6.07, 6.45) is 8.87. The highest BCUT2D eigenvalue weighted by Crippen LogP contribution is 2.77. The van der Waals surface area contributed by atoms with E-state index in [0.717, 1.165) is 61.9 Å². The Morgan fingerprint density at radius 1 is 0.877 bits per heavy atom. The molecule has 3 aromatic carbocycles. The first-order valence-electron chi connectivity index (χ1n) is 22.8. The van der Waals surface area contributed by atoms with Crippen molar-refractivity contribution >= 4 is 48.9 Å². The number of benzene rings is 3. The number of piperazine rings is 1. The summed E-state index contributed by atoms with van der Waals surface area (Å²) in [4.78, 5) is 19.1. The smallest absolute Gasteiger partial charge is 0.393 e. The second-order valence-corrected chi connectivity index (χ2v) is 24.9. The maximum Gasteiger partial charge on any atom is 0.501 e. The number of nitrogens with zero attached hydrogens (tertiary/aromatic N) is 3. The summed E-state index contributed by atoms with van der Waals surface area (Å²) in [5.74, 6) is -0.654. The molecular formula is C48H62F3N5O6S3.